The van der Waals surface area contributed by atoms with E-state index in [2.05, 4.69) is 66.7 Å². The number of rotatable bonds is 5. The van der Waals surface area contributed by atoms with Crippen molar-refractivity contribution in [2.24, 2.45) is 0 Å². The summed E-state index contributed by atoms with van der Waals surface area (Å²) >= 11 is 0. The predicted molar refractivity (Wildman–Crippen MR) is 174 cm³/mol. The minimum absolute atomic E-state index is 0.604. The maximum absolute atomic E-state index is 6.65. The van der Waals surface area contributed by atoms with Crippen LogP contribution in [0, 0.1) is 0 Å². The van der Waals surface area contributed by atoms with Crippen molar-refractivity contribution in [3.63, 3.8) is 0 Å². The van der Waals surface area contributed by atoms with Crippen molar-refractivity contribution in [1.82, 2.24) is 15.0 Å². The fourth-order valence-electron chi connectivity index (χ4n) is 5.74. The van der Waals surface area contributed by atoms with E-state index in [0.717, 1.165) is 60.9 Å². The molecule has 0 saturated heterocycles. The lowest BCUT2D eigenvalue weighted by molar-refractivity contribution is 0.670. The van der Waals surface area contributed by atoms with Gasteiger partial charge in [0.15, 0.2) is 17.5 Å². The van der Waals surface area contributed by atoms with Gasteiger partial charge in [0.1, 0.15) is 11.2 Å². The molecule has 0 spiro atoms. The molecule has 0 fully saturated rings. The van der Waals surface area contributed by atoms with Crippen LogP contribution in [-0.4, -0.2) is 15.0 Å². The lowest BCUT2D eigenvalue weighted by Crippen LogP contribution is -2.00. The van der Waals surface area contributed by atoms with Crippen LogP contribution in [0.2, 0.25) is 0 Å². The first-order valence-corrected chi connectivity index (χ1v) is 14.3. The molecular formula is C39H25N3O. The summed E-state index contributed by atoms with van der Waals surface area (Å²) in [5, 5.41) is 2.01. The maximum atomic E-state index is 6.65. The van der Waals surface area contributed by atoms with Crippen molar-refractivity contribution < 1.29 is 4.42 Å². The Morgan fingerprint density at radius 2 is 0.837 bits per heavy atom. The molecule has 8 aromatic rings. The molecule has 0 aliphatic carbocycles. The third kappa shape index (κ3) is 4.46. The lowest BCUT2D eigenvalue weighted by atomic mass is 9.92. The minimum atomic E-state index is 0.604. The number of furan rings is 1. The molecule has 0 unspecified atom stereocenters. The van der Waals surface area contributed by atoms with Crippen molar-refractivity contribution in [2.75, 3.05) is 0 Å². The standard InChI is InChI=1S/C39H25N3O/c1-4-14-26(15-5-1)29-20-10-11-21-30(29)31-24-25-33(35-32-22-12-13-23-34(32)43-36(31)35)39-41-37(27-16-6-2-7-17-27)40-38(42-39)28-18-8-3-9-19-28/h1-25H. The first-order chi connectivity index (χ1) is 21.3. The molecule has 2 heterocycles. The first kappa shape index (κ1) is 24.9. The number of fused-ring (bicyclic) bond motifs is 3. The average molecular weight is 552 g/mol. The molecule has 202 valence electrons. The molecule has 4 heteroatoms. The summed E-state index contributed by atoms with van der Waals surface area (Å²) in [4.78, 5) is 15.0. The molecule has 0 radical (unpaired) electrons. The van der Waals surface area contributed by atoms with E-state index in [1.807, 2.05) is 84.9 Å². The second-order valence-corrected chi connectivity index (χ2v) is 10.4. The van der Waals surface area contributed by atoms with Crippen LogP contribution in [0.25, 0.3) is 78.4 Å². The smallest absolute Gasteiger partial charge is 0.164 e. The van der Waals surface area contributed by atoms with E-state index in [4.69, 9.17) is 19.4 Å². The summed E-state index contributed by atoms with van der Waals surface area (Å²) in [5.74, 6) is 1.86. The van der Waals surface area contributed by atoms with E-state index in [1.54, 1.807) is 0 Å². The summed E-state index contributed by atoms with van der Waals surface area (Å²) in [7, 11) is 0. The molecule has 0 amide bonds. The normalized spacial score (nSPS) is 11.3. The molecule has 6 aromatic carbocycles. The van der Waals surface area contributed by atoms with Gasteiger partial charge < -0.3 is 4.42 Å². The van der Waals surface area contributed by atoms with Gasteiger partial charge in [0.25, 0.3) is 0 Å². The Morgan fingerprint density at radius 1 is 0.349 bits per heavy atom. The quantitative estimate of drug-likeness (QED) is 0.214. The van der Waals surface area contributed by atoms with Crippen LogP contribution in [0.3, 0.4) is 0 Å². The number of aromatic nitrogens is 3. The third-order valence-electron chi connectivity index (χ3n) is 7.77. The van der Waals surface area contributed by atoms with Crippen molar-refractivity contribution in [3.05, 3.63) is 152 Å². The molecule has 0 atom stereocenters. The van der Waals surface area contributed by atoms with E-state index in [-0.39, 0.29) is 0 Å². The molecule has 8 rings (SSSR count). The zero-order valence-electron chi connectivity index (χ0n) is 23.2. The molecular weight excluding hydrogens is 526 g/mol. The highest BCUT2D eigenvalue weighted by atomic mass is 16.3. The van der Waals surface area contributed by atoms with Gasteiger partial charge in [0, 0.05) is 33.0 Å². The number of benzene rings is 6. The Labute approximate surface area is 249 Å². The molecule has 2 aromatic heterocycles. The maximum Gasteiger partial charge on any atom is 0.164 e. The van der Waals surface area contributed by atoms with Gasteiger partial charge in [-0.15, -0.1) is 0 Å². The van der Waals surface area contributed by atoms with Gasteiger partial charge in [0.2, 0.25) is 0 Å². The highest BCUT2D eigenvalue weighted by Gasteiger charge is 2.21. The van der Waals surface area contributed by atoms with Crippen LogP contribution in [-0.2, 0) is 0 Å². The van der Waals surface area contributed by atoms with Crippen molar-refractivity contribution in [2.45, 2.75) is 0 Å². The molecule has 0 bridgehead atoms. The topological polar surface area (TPSA) is 51.8 Å². The van der Waals surface area contributed by atoms with Crippen LogP contribution in [0.15, 0.2) is 156 Å². The van der Waals surface area contributed by atoms with Crippen molar-refractivity contribution in [3.8, 4) is 56.4 Å². The van der Waals surface area contributed by atoms with Gasteiger partial charge in [-0.3, -0.25) is 0 Å². The third-order valence-corrected chi connectivity index (χ3v) is 7.77. The van der Waals surface area contributed by atoms with Crippen LogP contribution >= 0.6 is 0 Å². The van der Waals surface area contributed by atoms with Gasteiger partial charge in [-0.05, 0) is 34.9 Å². The van der Waals surface area contributed by atoms with E-state index in [1.165, 1.54) is 0 Å². The summed E-state index contributed by atoms with van der Waals surface area (Å²) < 4.78 is 6.65. The zero-order chi connectivity index (χ0) is 28.6. The predicted octanol–water partition coefficient (Wildman–Crippen LogP) is 10.1. The van der Waals surface area contributed by atoms with Gasteiger partial charge in [-0.1, -0.05) is 133 Å². The zero-order valence-corrected chi connectivity index (χ0v) is 23.2. The molecule has 0 aliphatic rings. The van der Waals surface area contributed by atoms with Crippen molar-refractivity contribution >= 4 is 21.9 Å². The minimum Gasteiger partial charge on any atom is -0.455 e. The van der Waals surface area contributed by atoms with E-state index in [9.17, 15) is 0 Å². The SMILES string of the molecule is c1ccc(-c2nc(-c3ccccc3)nc(-c3ccc(-c4ccccc4-c4ccccc4)c4oc5ccccc5c34)n2)cc1. The summed E-state index contributed by atoms with van der Waals surface area (Å²) in [6, 6.07) is 51.5. The fourth-order valence-corrected chi connectivity index (χ4v) is 5.74. The summed E-state index contributed by atoms with van der Waals surface area (Å²) in [6.45, 7) is 0. The van der Waals surface area contributed by atoms with E-state index < -0.39 is 0 Å². The fraction of sp³-hybridized carbons (Fsp3) is 0. The van der Waals surface area contributed by atoms with Crippen LogP contribution in [0.1, 0.15) is 0 Å². The highest BCUT2D eigenvalue weighted by Crippen LogP contribution is 2.43. The van der Waals surface area contributed by atoms with Crippen LogP contribution in [0.4, 0.5) is 0 Å². The van der Waals surface area contributed by atoms with Gasteiger partial charge >= 0.3 is 0 Å². The second-order valence-electron chi connectivity index (χ2n) is 10.4. The van der Waals surface area contributed by atoms with Crippen molar-refractivity contribution in [1.29, 1.82) is 0 Å². The average Bonchev–Trinajstić information content (AvgIpc) is 3.49. The second kappa shape index (κ2) is 10.5. The number of hydrogen-bond acceptors (Lipinski definition) is 4. The Bertz CT molecular complexity index is 2170. The Hall–Kier alpha value is -5.87. The summed E-state index contributed by atoms with van der Waals surface area (Å²) in [5.41, 5.74) is 8.84. The Kier molecular flexibility index (Phi) is 6.08. The number of para-hydroxylation sites is 1. The molecule has 43 heavy (non-hydrogen) atoms. The lowest BCUT2D eigenvalue weighted by Gasteiger charge is -2.13. The molecule has 4 nitrogen and oxygen atoms in total. The molecule has 0 N–H and O–H groups in total. The van der Waals surface area contributed by atoms with Crippen LogP contribution in [0.5, 0.6) is 0 Å². The van der Waals surface area contributed by atoms with Gasteiger partial charge in [-0.2, -0.15) is 0 Å². The Balaban J connectivity index is 1.41. The monoisotopic (exact) mass is 551 g/mol. The molecule has 0 aliphatic heterocycles. The Morgan fingerprint density at radius 3 is 1.49 bits per heavy atom. The number of nitrogens with zero attached hydrogens (tertiary/aromatic N) is 3. The summed E-state index contributed by atoms with van der Waals surface area (Å²) in [6.07, 6.45) is 0. The van der Waals surface area contributed by atoms with Gasteiger partial charge in [-0.25, -0.2) is 15.0 Å². The van der Waals surface area contributed by atoms with Crippen LogP contribution < -0.4 is 0 Å². The molecule has 0 saturated carbocycles. The number of hydrogen-bond donors (Lipinski definition) is 0. The highest BCUT2D eigenvalue weighted by molar-refractivity contribution is 6.16. The largest absolute Gasteiger partial charge is 0.455 e. The van der Waals surface area contributed by atoms with Gasteiger partial charge in [0.05, 0.1) is 0 Å². The van der Waals surface area contributed by atoms with E-state index in [0.29, 0.717) is 17.5 Å². The van der Waals surface area contributed by atoms with E-state index >= 15 is 0 Å². The first-order valence-electron chi connectivity index (χ1n) is 14.3.